The Morgan fingerprint density at radius 2 is 1.08 bits per heavy atom. The Labute approximate surface area is 239 Å². The maximum atomic E-state index is 5.02. The van der Waals surface area contributed by atoms with Crippen LogP contribution >= 0.6 is 0 Å². The zero-order valence-corrected chi connectivity index (χ0v) is 23.9. The quantitative estimate of drug-likeness (QED) is 0.180. The monoisotopic (exact) mass is 598 g/mol. The van der Waals surface area contributed by atoms with Gasteiger partial charge in [0, 0.05) is 16.8 Å². The molecule has 0 spiro atoms. The van der Waals surface area contributed by atoms with Gasteiger partial charge >= 0.3 is 20.4 Å². The summed E-state index contributed by atoms with van der Waals surface area (Å²) in [5, 5.41) is 9.72. The molecule has 200 valence electrons. The van der Waals surface area contributed by atoms with Crippen molar-refractivity contribution < 1.29 is 20.4 Å². The van der Waals surface area contributed by atoms with Crippen LogP contribution in [0.15, 0.2) is 48.5 Å². The van der Waals surface area contributed by atoms with E-state index in [0.29, 0.717) is 11.8 Å². The van der Waals surface area contributed by atoms with Crippen LogP contribution in [0.2, 0.25) is 0 Å². The third kappa shape index (κ3) is 5.56. The van der Waals surface area contributed by atoms with Crippen LogP contribution in [0.3, 0.4) is 0 Å². The number of pyridine rings is 2. The minimum atomic E-state index is -0.398. The van der Waals surface area contributed by atoms with Gasteiger partial charge in [-0.1, -0.05) is 101 Å². The number of aromatic nitrogens is 6. The fourth-order valence-corrected chi connectivity index (χ4v) is 5.94. The van der Waals surface area contributed by atoms with Crippen LogP contribution in [0.1, 0.15) is 113 Å². The summed E-state index contributed by atoms with van der Waals surface area (Å²) in [7, 11) is 0. The maximum Gasteiger partial charge on any atom is 2.00 e. The summed E-state index contributed by atoms with van der Waals surface area (Å²) in [6.07, 6.45) is 19.4. The van der Waals surface area contributed by atoms with Gasteiger partial charge in [0.25, 0.3) is 0 Å². The SMILES string of the molecule is CC(C)(c1cccc(-n2[c-]cc(C3CCCCC3)n2)n1)c1cccc(-n2[c-]cc(C3CCCCC3)n2)n1.[Pd+2]. The summed E-state index contributed by atoms with van der Waals surface area (Å²) >= 11 is 0. The van der Waals surface area contributed by atoms with Crippen molar-refractivity contribution in [1.29, 1.82) is 0 Å². The molecule has 0 radical (unpaired) electrons. The fraction of sp³-hybridized carbons (Fsp3) is 0.484. The van der Waals surface area contributed by atoms with Gasteiger partial charge in [0.2, 0.25) is 0 Å². The van der Waals surface area contributed by atoms with Crippen LogP contribution in [0.4, 0.5) is 0 Å². The third-order valence-corrected chi connectivity index (χ3v) is 8.33. The summed E-state index contributed by atoms with van der Waals surface area (Å²) in [6, 6.07) is 16.3. The Morgan fingerprint density at radius 1 is 0.658 bits per heavy atom. The van der Waals surface area contributed by atoms with Crippen molar-refractivity contribution in [1.82, 2.24) is 29.5 Å². The van der Waals surface area contributed by atoms with Crippen LogP contribution in [0.25, 0.3) is 11.6 Å². The summed E-state index contributed by atoms with van der Waals surface area (Å²) in [4.78, 5) is 10.0. The average Bonchev–Trinajstić information content (AvgIpc) is 3.65. The van der Waals surface area contributed by atoms with Crippen LogP contribution in [0.5, 0.6) is 0 Å². The van der Waals surface area contributed by atoms with Gasteiger partial charge in [-0.05, 0) is 49.2 Å². The van der Waals surface area contributed by atoms with E-state index >= 15 is 0 Å². The van der Waals surface area contributed by atoms with Gasteiger partial charge in [-0.2, -0.15) is 0 Å². The van der Waals surface area contributed by atoms with Crippen LogP contribution in [0, 0.1) is 12.4 Å². The Bertz CT molecular complexity index is 1240. The molecule has 6 nitrogen and oxygen atoms in total. The molecule has 6 rings (SSSR count). The molecule has 7 heteroatoms. The van der Waals surface area contributed by atoms with Crippen molar-refractivity contribution in [2.45, 2.75) is 95.3 Å². The number of nitrogens with zero attached hydrogens (tertiary/aromatic N) is 6. The number of hydrogen-bond donors (Lipinski definition) is 0. The Hall–Kier alpha value is -2.62. The van der Waals surface area contributed by atoms with Crippen molar-refractivity contribution >= 4 is 0 Å². The van der Waals surface area contributed by atoms with Gasteiger partial charge in [0.1, 0.15) is 0 Å². The van der Waals surface area contributed by atoms with E-state index in [-0.39, 0.29) is 20.4 Å². The molecular weight excluding hydrogens is 563 g/mol. The molecule has 0 atom stereocenters. The van der Waals surface area contributed by atoms with Crippen LogP contribution in [-0.4, -0.2) is 29.5 Å². The summed E-state index contributed by atoms with van der Waals surface area (Å²) in [6.45, 7) is 4.34. The van der Waals surface area contributed by atoms with Gasteiger partial charge < -0.3 is 9.36 Å². The van der Waals surface area contributed by atoms with E-state index in [1.54, 1.807) is 9.36 Å². The van der Waals surface area contributed by atoms with Crippen LogP contribution in [-0.2, 0) is 25.8 Å². The summed E-state index contributed by atoms with van der Waals surface area (Å²) in [5.74, 6) is 2.69. The molecule has 2 saturated carbocycles. The van der Waals surface area contributed by atoms with E-state index in [9.17, 15) is 0 Å². The third-order valence-electron chi connectivity index (χ3n) is 8.33. The molecule has 0 bridgehead atoms. The molecule has 4 aromatic rings. The molecule has 0 unspecified atom stereocenters. The number of rotatable bonds is 6. The second-order valence-electron chi connectivity index (χ2n) is 11.3. The molecule has 2 fully saturated rings. The first-order valence-corrected chi connectivity index (χ1v) is 14.0. The van der Waals surface area contributed by atoms with E-state index in [1.165, 1.54) is 64.2 Å². The minimum absolute atomic E-state index is 0. The molecular formula is C31H36N6Pd. The standard InChI is InChI=1S/C31H36N6.Pd/c1-31(2,27-15-9-17-29(32-27)36-21-19-25(34-36)23-11-5-3-6-12-23)28-16-10-18-30(33-28)37-22-20-26(35-37)24-13-7-4-8-14-24;/h9-10,15-20,23-24H,3-8,11-14H2,1-2H3;/q-2;+2. The zero-order valence-electron chi connectivity index (χ0n) is 22.3. The first kappa shape index (κ1) is 27.0. The van der Waals surface area contributed by atoms with Crippen molar-refractivity contribution in [3.63, 3.8) is 0 Å². The van der Waals surface area contributed by atoms with E-state index < -0.39 is 5.41 Å². The van der Waals surface area contributed by atoms with Gasteiger partial charge in [-0.15, -0.1) is 12.1 Å². The van der Waals surface area contributed by atoms with E-state index in [4.69, 9.17) is 20.2 Å². The molecule has 0 aliphatic heterocycles. The normalized spacial score (nSPS) is 17.3. The van der Waals surface area contributed by atoms with Gasteiger partial charge in [0.05, 0.1) is 11.6 Å². The zero-order chi connectivity index (χ0) is 25.2. The molecule has 2 aliphatic carbocycles. The minimum Gasteiger partial charge on any atom is -0.343 e. The summed E-state index contributed by atoms with van der Waals surface area (Å²) in [5.41, 5.74) is 3.78. The summed E-state index contributed by atoms with van der Waals surface area (Å²) < 4.78 is 3.61. The number of hydrogen-bond acceptors (Lipinski definition) is 4. The van der Waals surface area contributed by atoms with Crippen molar-refractivity contribution in [3.05, 3.63) is 83.7 Å². The predicted molar refractivity (Wildman–Crippen MR) is 144 cm³/mol. The van der Waals surface area contributed by atoms with Crippen molar-refractivity contribution in [3.8, 4) is 11.6 Å². The molecule has 4 heterocycles. The predicted octanol–water partition coefficient (Wildman–Crippen LogP) is 6.87. The molecule has 38 heavy (non-hydrogen) atoms. The Balaban J connectivity index is 0.00000294. The van der Waals surface area contributed by atoms with Gasteiger partial charge in [-0.25, -0.2) is 0 Å². The van der Waals surface area contributed by atoms with E-state index in [1.807, 2.05) is 24.3 Å². The Morgan fingerprint density at radius 3 is 1.50 bits per heavy atom. The second-order valence-corrected chi connectivity index (χ2v) is 11.3. The van der Waals surface area contributed by atoms with Crippen molar-refractivity contribution in [2.75, 3.05) is 0 Å². The molecule has 0 saturated heterocycles. The largest absolute Gasteiger partial charge is 2.00 e. The maximum absolute atomic E-state index is 5.02. The molecule has 2 aliphatic rings. The van der Waals surface area contributed by atoms with Gasteiger partial charge in [0.15, 0.2) is 0 Å². The molecule has 0 N–H and O–H groups in total. The smallest absolute Gasteiger partial charge is 0.343 e. The second kappa shape index (κ2) is 11.6. The van der Waals surface area contributed by atoms with Crippen LogP contribution < -0.4 is 0 Å². The Kier molecular flexibility index (Phi) is 8.26. The van der Waals surface area contributed by atoms with E-state index in [0.717, 1.165) is 34.4 Å². The van der Waals surface area contributed by atoms with E-state index in [2.05, 4.69) is 50.5 Å². The molecule has 0 amide bonds. The first-order valence-electron chi connectivity index (χ1n) is 14.0. The first-order chi connectivity index (χ1) is 18.1. The molecule has 0 aromatic carbocycles. The average molecular weight is 599 g/mol. The fourth-order valence-electron chi connectivity index (χ4n) is 5.94. The molecule has 4 aromatic heterocycles. The van der Waals surface area contributed by atoms with Crippen molar-refractivity contribution in [2.24, 2.45) is 0 Å². The topological polar surface area (TPSA) is 61.4 Å². The van der Waals surface area contributed by atoms with Gasteiger partial charge in [-0.3, -0.25) is 20.2 Å².